The first-order valence-corrected chi connectivity index (χ1v) is 8.09. The Kier molecular flexibility index (Phi) is 13.3. The zero-order valence-electron chi connectivity index (χ0n) is 13.5. The van der Waals surface area contributed by atoms with Gasteiger partial charge in [-0.25, -0.2) is 0 Å². The first-order chi connectivity index (χ1) is 10.6. The fraction of sp³-hybridized carbons (Fsp3) is 0.812. The van der Waals surface area contributed by atoms with E-state index in [4.69, 9.17) is 9.84 Å². The molecule has 0 aliphatic carbocycles. The van der Waals surface area contributed by atoms with Crippen LogP contribution in [0.4, 0.5) is 0 Å². The van der Waals surface area contributed by atoms with Crippen molar-refractivity contribution in [3.63, 3.8) is 0 Å². The van der Waals surface area contributed by atoms with Gasteiger partial charge in [0, 0.05) is 19.3 Å². The molecular weight excluding hydrogens is 288 g/mol. The van der Waals surface area contributed by atoms with Crippen molar-refractivity contribution in [1.82, 2.24) is 0 Å². The maximum atomic E-state index is 11.3. The van der Waals surface area contributed by atoms with Crippen LogP contribution in [0.25, 0.3) is 0 Å². The molecule has 0 unspecified atom stereocenters. The molecule has 0 atom stereocenters. The smallest absolute Gasteiger partial charge is 0.308 e. The van der Waals surface area contributed by atoms with Crippen molar-refractivity contribution in [2.24, 2.45) is 0 Å². The van der Waals surface area contributed by atoms with E-state index in [0.29, 0.717) is 6.42 Å². The second kappa shape index (κ2) is 14.4. The average molecular weight is 316 g/mol. The maximum absolute atomic E-state index is 11.3. The Morgan fingerprint density at radius 1 is 0.727 bits per heavy atom. The zero-order chi connectivity index (χ0) is 16.6. The van der Waals surface area contributed by atoms with E-state index >= 15 is 0 Å². The van der Waals surface area contributed by atoms with Gasteiger partial charge in [-0.05, 0) is 12.8 Å². The Bertz CT molecular complexity index is 327. The lowest BCUT2D eigenvalue weighted by Crippen LogP contribution is -2.11. The molecule has 128 valence electrons. The monoisotopic (exact) mass is 316 g/mol. The third-order valence-electron chi connectivity index (χ3n) is 3.25. The molecule has 0 saturated carbocycles. The minimum atomic E-state index is -0.726. The third-order valence-corrected chi connectivity index (χ3v) is 3.25. The fourth-order valence-corrected chi connectivity index (χ4v) is 1.94. The molecular formula is C16H28O6. The van der Waals surface area contributed by atoms with Gasteiger partial charge in [-0.3, -0.25) is 14.4 Å². The molecule has 0 aromatic carbocycles. The van der Waals surface area contributed by atoms with Gasteiger partial charge < -0.3 is 14.6 Å². The van der Waals surface area contributed by atoms with Crippen LogP contribution in [0, 0.1) is 0 Å². The van der Waals surface area contributed by atoms with Crippen molar-refractivity contribution >= 4 is 17.9 Å². The number of carboxylic acids is 1. The molecule has 0 saturated heterocycles. The van der Waals surface area contributed by atoms with Crippen molar-refractivity contribution in [3.05, 3.63) is 0 Å². The van der Waals surface area contributed by atoms with Crippen LogP contribution < -0.4 is 0 Å². The number of carbonyl (C=O) groups is 3. The first-order valence-electron chi connectivity index (χ1n) is 8.09. The Morgan fingerprint density at radius 2 is 1.18 bits per heavy atom. The minimum Gasteiger partial charge on any atom is -0.481 e. The lowest BCUT2D eigenvalue weighted by Gasteiger charge is -2.05. The minimum absolute atomic E-state index is 0.260. The molecule has 0 bridgehead atoms. The molecule has 6 heteroatoms. The number of rotatable bonds is 14. The quantitative estimate of drug-likeness (QED) is 0.300. The van der Waals surface area contributed by atoms with Gasteiger partial charge in [-0.1, -0.05) is 45.4 Å². The summed E-state index contributed by atoms with van der Waals surface area (Å²) in [5, 5.41) is 8.49. The van der Waals surface area contributed by atoms with E-state index in [1.54, 1.807) is 6.92 Å². The standard InChI is InChI=1S/C16H28O6/c1-2-15(19)21-13-22-16(20)12-10-8-6-4-3-5-7-9-11-14(17)18/h2-13H2,1H3,(H,17,18). The highest BCUT2D eigenvalue weighted by atomic mass is 16.7. The topological polar surface area (TPSA) is 89.9 Å². The molecule has 1 N–H and O–H groups in total. The third kappa shape index (κ3) is 14.8. The van der Waals surface area contributed by atoms with E-state index in [0.717, 1.165) is 51.4 Å². The number of hydrogen-bond donors (Lipinski definition) is 1. The van der Waals surface area contributed by atoms with E-state index in [9.17, 15) is 14.4 Å². The lowest BCUT2D eigenvalue weighted by molar-refractivity contribution is -0.167. The summed E-state index contributed by atoms with van der Waals surface area (Å²) in [4.78, 5) is 32.4. The van der Waals surface area contributed by atoms with Gasteiger partial charge in [0.2, 0.25) is 6.79 Å². The molecule has 0 rings (SSSR count). The van der Waals surface area contributed by atoms with E-state index in [-0.39, 0.29) is 31.6 Å². The summed E-state index contributed by atoms with van der Waals surface area (Å²) in [6, 6.07) is 0. The van der Waals surface area contributed by atoms with Crippen LogP contribution in [-0.4, -0.2) is 29.8 Å². The van der Waals surface area contributed by atoms with Crippen molar-refractivity contribution < 1.29 is 29.0 Å². The highest BCUT2D eigenvalue weighted by Crippen LogP contribution is 2.10. The molecule has 0 spiro atoms. The maximum Gasteiger partial charge on any atom is 0.308 e. The summed E-state index contributed by atoms with van der Waals surface area (Å²) in [6.45, 7) is 1.39. The van der Waals surface area contributed by atoms with Crippen LogP contribution in [0.3, 0.4) is 0 Å². The lowest BCUT2D eigenvalue weighted by atomic mass is 10.1. The number of ether oxygens (including phenoxy) is 2. The molecule has 0 radical (unpaired) electrons. The second-order valence-electron chi connectivity index (χ2n) is 5.23. The van der Waals surface area contributed by atoms with Crippen molar-refractivity contribution in [1.29, 1.82) is 0 Å². The van der Waals surface area contributed by atoms with Crippen LogP contribution in [0.5, 0.6) is 0 Å². The van der Waals surface area contributed by atoms with Gasteiger partial charge in [0.15, 0.2) is 0 Å². The predicted molar refractivity (Wildman–Crippen MR) is 81.1 cm³/mol. The summed E-state index contributed by atoms with van der Waals surface area (Å²) >= 11 is 0. The number of carbonyl (C=O) groups excluding carboxylic acids is 2. The number of esters is 2. The fourth-order valence-electron chi connectivity index (χ4n) is 1.94. The first kappa shape index (κ1) is 20.4. The molecule has 0 amide bonds. The van der Waals surface area contributed by atoms with Crippen molar-refractivity contribution in [2.75, 3.05) is 6.79 Å². The molecule has 0 aliphatic heterocycles. The number of unbranched alkanes of at least 4 members (excludes halogenated alkanes) is 7. The van der Waals surface area contributed by atoms with E-state index in [1.807, 2.05) is 0 Å². The number of carboxylic acid groups (broad SMARTS) is 1. The molecule has 0 heterocycles. The highest BCUT2D eigenvalue weighted by Gasteiger charge is 2.04. The largest absolute Gasteiger partial charge is 0.481 e. The van der Waals surface area contributed by atoms with Crippen molar-refractivity contribution in [3.8, 4) is 0 Å². The van der Waals surface area contributed by atoms with Crippen LogP contribution in [0.1, 0.15) is 77.6 Å². The summed E-state index contributed by atoms with van der Waals surface area (Å²) in [5.74, 6) is -1.44. The summed E-state index contributed by atoms with van der Waals surface area (Å²) < 4.78 is 9.43. The van der Waals surface area contributed by atoms with E-state index in [2.05, 4.69) is 4.74 Å². The van der Waals surface area contributed by atoms with Crippen LogP contribution in [-0.2, 0) is 23.9 Å². The molecule has 22 heavy (non-hydrogen) atoms. The number of aliphatic carboxylic acids is 1. The Labute approximate surface area is 132 Å². The van der Waals surface area contributed by atoms with Crippen molar-refractivity contribution in [2.45, 2.75) is 77.6 Å². The van der Waals surface area contributed by atoms with Gasteiger partial charge >= 0.3 is 17.9 Å². The molecule has 0 aromatic rings. The van der Waals surface area contributed by atoms with E-state index in [1.165, 1.54) is 0 Å². The Morgan fingerprint density at radius 3 is 1.68 bits per heavy atom. The normalized spacial score (nSPS) is 10.2. The summed E-state index contributed by atoms with van der Waals surface area (Å²) in [7, 11) is 0. The summed E-state index contributed by atoms with van der Waals surface area (Å²) in [5.41, 5.74) is 0. The average Bonchev–Trinajstić information content (AvgIpc) is 2.48. The van der Waals surface area contributed by atoms with Gasteiger partial charge in [-0.2, -0.15) is 0 Å². The van der Waals surface area contributed by atoms with Crippen LogP contribution in [0.2, 0.25) is 0 Å². The van der Waals surface area contributed by atoms with Gasteiger partial charge in [0.1, 0.15) is 0 Å². The van der Waals surface area contributed by atoms with Gasteiger partial charge in [0.25, 0.3) is 0 Å². The molecule has 0 aromatic heterocycles. The summed E-state index contributed by atoms with van der Waals surface area (Å²) in [6.07, 6.45) is 8.70. The van der Waals surface area contributed by atoms with Gasteiger partial charge in [-0.15, -0.1) is 0 Å². The van der Waals surface area contributed by atoms with Crippen LogP contribution in [0.15, 0.2) is 0 Å². The highest BCUT2D eigenvalue weighted by molar-refractivity contribution is 5.70. The molecule has 0 fully saturated rings. The Hall–Kier alpha value is -1.59. The SMILES string of the molecule is CCC(=O)OCOC(=O)CCCCCCCCCCC(=O)O. The number of hydrogen-bond acceptors (Lipinski definition) is 5. The Balaban J connectivity index is 3.23. The second-order valence-corrected chi connectivity index (χ2v) is 5.23. The zero-order valence-corrected chi connectivity index (χ0v) is 13.5. The van der Waals surface area contributed by atoms with E-state index < -0.39 is 5.97 Å². The molecule has 6 nitrogen and oxygen atoms in total. The van der Waals surface area contributed by atoms with Crippen LogP contribution >= 0.6 is 0 Å². The van der Waals surface area contributed by atoms with Gasteiger partial charge in [0.05, 0.1) is 0 Å². The molecule has 0 aliphatic rings. The predicted octanol–water partition coefficient (Wildman–Crippen LogP) is 3.43.